The zero-order chi connectivity index (χ0) is 19.4. The predicted molar refractivity (Wildman–Crippen MR) is 98.8 cm³/mol. The number of nitrogens with one attached hydrogen (secondary N) is 2. The molecule has 0 aromatic heterocycles. The van der Waals surface area contributed by atoms with E-state index in [2.05, 4.69) is 10.0 Å². The maximum atomic E-state index is 12.5. The molecule has 0 saturated heterocycles. The molecule has 0 bridgehead atoms. The van der Waals surface area contributed by atoms with Gasteiger partial charge in [0, 0.05) is 18.0 Å². The molecule has 2 aromatic carbocycles. The largest absolute Gasteiger partial charge is 0.480 e. The summed E-state index contributed by atoms with van der Waals surface area (Å²) in [5.74, 6) is -1.80. The van der Waals surface area contributed by atoms with E-state index in [-0.39, 0.29) is 22.9 Å². The van der Waals surface area contributed by atoms with E-state index in [1.165, 1.54) is 24.3 Å². The molecule has 2 aromatic rings. The molecule has 8 heteroatoms. The van der Waals surface area contributed by atoms with Crippen molar-refractivity contribution in [2.24, 2.45) is 0 Å². The van der Waals surface area contributed by atoms with Gasteiger partial charge in [0.05, 0.1) is 4.90 Å². The van der Waals surface area contributed by atoms with Crippen molar-refractivity contribution in [3.8, 4) is 0 Å². The molecule has 0 heterocycles. The van der Waals surface area contributed by atoms with Crippen LogP contribution in [0.4, 0.5) is 0 Å². The average molecular weight is 388 g/mol. The van der Waals surface area contributed by atoms with Crippen LogP contribution in [0.15, 0.2) is 59.5 Å². The monoisotopic (exact) mass is 388 g/mol. The molecule has 0 unspecified atom stereocenters. The Balaban J connectivity index is 1.74. The molecular formula is C19H20N2O5S. The summed E-state index contributed by atoms with van der Waals surface area (Å²) in [6.07, 6.45) is 1.74. The Bertz CT molecular complexity index is 940. The van der Waals surface area contributed by atoms with E-state index >= 15 is 0 Å². The van der Waals surface area contributed by atoms with Gasteiger partial charge in [-0.1, -0.05) is 36.4 Å². The van der Waals surface area contributed by atoms with Gasteiger partial charge in [-0.2, -0.15) is 0 Å². The lowest BCUT2D eigenvalue weighted by atomic mass is 10.1. The number of carboxylic acids is 1. The van der Waals surface area contributed by atoms with Gasteiger partial charge in [0.1, 0.15) is 6.04 Å². The highest BCUT2D eigenvalue weighted by Crippen LogP contribution is 2.22. The summed E-state index contributed by atoms with van der Waals surface area (Å²) >= 11 is 0. The van der Waals surface area contributed by atoms with Crippen molar-refractivity contribution in [2.45, 2.75) is 36.2 Å². The number of sulfonamides is 1. The summed E-state index contributed by atoms with van der Waals surface area (Å²) in [6.45, 7) is 0. The Kier molecular flexibility index (Phi) is 5.57. The molecule has 1 aliphatic rings. The van der Waals surface area contributed by atoms with Crippen molar-refractivity contribution in [1.82, 2.24) is 10.0 Å². The van der Waals surface area contributed by atoms with Crippen LogP contribution in [0.3, 0.4) is 0 Å². The number of carbonyl (C=O) groups is 2. The highest BCUT2D eigenvalue weighted by Gasteiger charge is 2.28. The minimum absolute atomic E-state index is 0.0167. The molecule has 0 aliphatic heterocycles. The average Bonchev–Trinajstić information content (AvgIpc) is 3.45. The number of carboxylic acid groups (broad SMARTS) is 1. The molecule has 1 atom stereocenters. The van der Waals surface area contributed by atoms with Gasteiger partial charge in [-0.25, -0.2) is 17.9 Å². The molecular weight excluding hydrogens is 368 g/mol. The van der Waals surface area contributed by atoms with Crippen LogP contribution in [0.5, 0.6) is 0 Å². The molecule has 27 heavy (non-hydrogen) atoms. The van der Waals surface area contributed by atoms with Gasteiger partial charge in [-0.05, 0) is 36.6 Å². The topological polar surface area (TPSA) is 113 Å². The maximum absolute atomic E-state index is 12.5. The first kappa shape index (κ1) is 19.1. The molecule has 3 rings (SSSR count). The van der Waals surface area contributed by atoms with E-state index in [1.54, 1.807) is 24.3 Å². The summed E-state index contributed by atoms with van der Waals surface area (Å²) in [7, 11) is -3.69. The van der Waals surface area contributed by atoms with Crippen molar-refractivity contribution in [1.29, 1.82) is 0 Å². The summed E-state index contributed by atoms with van der Waals surface area (Å²) in [6, 6.07) is 13.4. The number of hydrogen-bond donors (Lipinski definition) is 3. The predicted octanol–water partition coefficient (Wildman–Crippen LogP) is 1.55. The second-order valence-electron chi connectivity index (χ2n) is 6.48. The van der Waals surface area contributed by atoms with Crippen molar-refractivity contribution >= 4 is 21.9 Å². The van der Waals surface area contributed by atoms with E-state index in [0.717, 1.165) is 18.4 Å². The number of carbonyl (C=O) groups excluding carboxylic acids is 1. The van der Waals surface area contributed by atoms with Gasteiger partial charge in [0.15, 0.2) is 0 Å². The van der Waals surface area contributed by atoms with Gasteiger partial charge in [-0.15, -0.1) is 0 Å². The van der Waals surface area contributed by atoms with Gasteiger partial charge in [-0.3, -0.25) is 4.79 Å². The summed E-state index contributed by atoms with van der Waals surface area (Å²) in [4.78, 5) is 24.0. The van der Waals surface area contributed by atoms with Crippen molar-refractivity contribution < 1.29 is 23.1 Å². The van der Waals surface area contributed by atoms with Crippen LogP contribution >= 0.6 is 0 Å². The SMILES string of the molecule is O=C(N[C@H](Cc1ccccc1)C(=O)O)c1cccc(S(=O)(=O)NC2CC2)c1. The Morgan fingerprint density at radius 1 is 1.07 bits per heavy atom. The van der Waals surface area contributed by atoms with Crippen LogP contribution in [0, 0.1) is 0 Å². The lowest BCUT2D eigenvalue weighted by molar-refractivity contribution is -0.139. The molecule has 7 nitrogen and oxygen atoms in total. The van der Waals surface area contributed by atoms with Crippen LogP contribution in [0.1, 0.15) is 28.8 Å². The zero-order valence-corrected chi connectivity index (χ0v) is 15.3. The van der Waals surface area contributed by atoms with Crippen LogP contribution in [0.2, 0.25) is 0 Å². The fraction of sp³-hybridized carbons (Fsp3) is 0.263. The minimum atomic E-state index is -3.69. The number of benzene rings is 2. The van der Waals surface area contributed by atoms with E-state index in [1.807, 2.05) is 6.07 Å². The zero-order valence-electron chi connectivity index (χ0n) is 14.5. The number of hydrogen-bond acceptors (Lipinski definition) is 4. The third-order valence-corrected chi connectivity index (χ3v) is 5.71. The summed E-state index contributed by atoms with van der Waals surface area (Å²) in [5, 5.41) is 11.9. The Morgan fingerprint density at radius 2 is 1.78 bits per heavy atom. The minimum Gasteiger partial charge on any atom is -0.480 e. The van der Waals surface area contributed by atoms with Gasteiger partial charge < -0.3 is 10.4 Å². The molecule has 1 amide bonds. The lowest BCUT2D eigenvalue weighted by Gasteiger charge is -2.15. The molecule has 142 valence electrons. The first-order chi connectivity index (χ1) is 12.8. The number of amides is 1. The summed E-state index contributed by atoms with van der Waals surface area (Å²) in [5.41, 5.74) is 0.864. The molecule has 1 saturated carbocycles. The van der Waals surface area contributed by atoms with Crippen LogP contribution in [-0.2, 0) is 21.2 Å². The van der Waals surface area contributed by atoms with E-state index in [0.29, 0.717) is 0 Å². The Hall–Kier alpha value is -2.71. The number of rotatable bonds is 8. The van der Waals surface area contributed by atoms with Crippen molar-refractivity contribution in [3.63, 3.8) is 0 Å². The summed E-state index contributed by atoms with van der Waals surface area (Å²) < 4.78 is 27.1. The smallest absolute Gasteiger partial charge is 0.326 e. The first-order valence-electron chi connectivity index (χ1n) is 8.55. The molecule has 3 N–H and O–H groups in total. The molecule has 0 spiro atoms. The van der Waals surface area contributed by atoms with E-state index < -0.39 is 27.9 Å². The van der Waals surface area contributed by atoms with E-state index in [4.69, 9.17) is 0 Å². The van der Waals surface area contributed by atoms with E-state index in [9.17, 15) is 23.1 Å². The third-order valence-electron chi connectivity index (χ3n) is 4.19. The molecule has 1 fully saturated rings. The number of aliphatic carboxylic acids is 1. The van der Waals surface area contributed by atoms with Crippen molar-refractivity contribution in [3.05, 3.63) is 65.7 Å². The third kappa shape index (κ3) is 5.15. The van der Waals surface area contributed by atoms with Crippen LogP contribution in [0.25, 0.3) is 0 Å². The fourth-order valence-corrected chi connectivity index (χ4v) is 3.94. The van der Waals surface area contributed by atoms with Gasteiger partial charge in [0.2, 0.25) is 10.0 Å². The normalized spacial score (nSPS) is 15.1. The fourth-order valence-electron chi connectivity index (χ4n) is 2.58. The lowest BCUT2D eigenvalue weighted by Crippen LogP contribution is -2.42. The van der Waals surface area contributed by atoms with Crippen LogP contribution in [-0.4, -0.2) is 37.5 Å². The van der Waals surface area contributed by atoms with Crippen LogP contribution < -0.4 is 10.0 Å². The first-order valence-corrected chi connectivity index (χ1v) is 10.0. The second kappa shape index (κ2) is 7.89. The van der Waals surface area contributed by atoms with Crippen molar-refractivity contribution in [2.75, 3.05) is 0 Å². The highest BCUT2D eigenvalue weighted by atomic mass is 32.2. The standard InChI is InChI=1S/C19H20N2O5S/c22-18(20-17(19(23)24)11-13-5-2-1-3-6-13)14-7-4-8-16(12-14)27(25,26)21-15-9-10-15/h1-8,12,15,17,21H,9-11H2,(H,20,22)(H,23,24)/t17-/m1/s1. The Morgan fingerprint density at radius 3 is 2.41 bits per heavy atom. The Labute approximate surface area is 157 Å². The highest BCUT2D eigenvalue weighted by molar-refractivity contribution is 7.89. The van der Waals surface area contributed by atoms with Gasteiger partial charge in [0.25, 0.3) is 5.91 Å². The quantitative estimate of drug-likeness (QED) is 0.635. The molecule has 0 radical (unpaired) electrons. The maximum Gasteiger partial charge on any atom is 0.326 e. The van der Waals surface area contributed by atoms with Gasteiger partial charge >= 0.3 is 5.97 Å². The second-order valence-corrected chi connectivity index (χ2v) is 8.19. The molecule has 1 aliphatic carbocycles.